The third-order valence-electron chi connectivity index (χ3n) is 2.54. The van der Waals surface area contributed by atoms with Gasteiger partial charge in [-0.2, -0.15) is 0 Å². The van der Waals surface area contributed by atoms with Crippen LogP contribution in [-0.4, -0.2) is 23.1 Å². The van der Waals surface area contributed by atoms with Crippen LogP contribution in [0.15, 0.2) is 29.2 Å². The zero-order valence-corrected chi connectivity index (χ0v) is 11.0. The molecule has 0 aliphatic carbocycles. The standard InChI is InChI=1S/C13H18N2O4/c1-4-5-10(12(16)17)15-13(18)14-9(3)11-7-6-8(2)19-11/h4,6-7,9-10H,1,5H2,2-3H3,(H,16,17)(H2,14,15,18). The SMILES string of the molecule is C=CCC(NC(=O)NC(C)c1ccc(C)o1)C(=O)O. The van der Waals surface area contributed by atoms with Gasteiger partial charge in [-0.15, -0.1) is 6.58 Å². The summed E-state index contributed by atoms with van der Waals surface area (Å²) in [6.07, 6.45) is 1.61. The highest BCUT2D eigenvalue weighted by Crippen LogP contribution is 2.15. The molecule has 1 aromatic heterocycles. The lowest BCUT2D eigenvalue weighted by Gasteiger charge is -2.16. The van der Waals surface area contributed by atoms with Gasteiger partial charge in [0.25, 0.3) is 0 Å². The van der Waals surface area contributed by atoms with Gasteiger partial charge in [0.15, 0.2) is 0 Å². The van der Waals surface area contributed by atoms with Crippen LogP contribution in [0.2, 0.25) is 0 Å². The van der Waals surface area contributed by atoms with Gasteiger partial charge in [0.2, 0.25) is 0 Å². The number of hydrogen-bond acceptors (Lipinski definition) is 3. The van der Waals surface area contributed by atoms with Crippen LogP contribution in [0, 0.1) is 6.92 Å². The molecule has 2 atom stereocenters. The van der Waals surface area contributed by atoms with Crippen molar-refractivity contribution in [1.29, 1.82) is 0 Å². The Morgan fingerprint density at radius 3 is 2.63 bits per heavy atom. The molecule has 0 aliphatic heterocycles. The third-order valence-corrected chi connectivity index (χ3v) is 2.54. The molecule has 2 amide bonds. The van der Waals surface area contributed by atoms with Gasteiger partial charge in [0, 0.05) is 0 Å². The third kappa shape index (κ3) is 4.50. The fraction of sp³-hybridized carbons (Fsp3) is 0.385. The fourth-order valence-electron chi connectivity index (χ4n) is 1.54. The van der Waals surface area contributed by atoms with Crippen molar-refractivity contribution in [2.75, 3.05) is 0 Å². The number of aliphatic carboxylic acids is 1. The maximum absolute atomic E-state index is 11.7. The predicted octanol–water partition coefficient (Wildman–Crippen LogP) is 1.98. The van der Waals surface area contributed by atoms with Gasteiger partial charge >= 0.3 is 12.0 Å². The molecule has 0 saturated heterocycles. The lowest BCUT2D eigenvalue weighted by molar-refractivity contribution is -0.139. The smallest absolute Gasteiger partial charge is 0.326 e. The number of hydrogen-bond donors (Lipinski definition) is 3. The van der Waals surface area contributed by atoms with Crippen LogP contribution < -0.4 is 10.6 Å². The van der Waals surface area contributed by atoms with Crippen molar-refractivity contribution in [3.63, 3.8) is 0 Å². The zero-order chi connectivity index (χ0) is 14.4. The molecule has 0 radical (unpaired) electrons. The van der Waals surface area contributed by atoms with Crippen molar-refractivity contribution >= 4 is 12.0 Å². The lowest BCUT2D eigenvalue weighted by atomic mass is 10.2. The van der Waals surface area contributed by atoms with Gasteiger partial charge < -0.3 is 20.2 Å². The van der Waals surface area contributed by atoms with Gasteiger partial charge in [-0.25, -0.2) is 9.59 Å². The van der Waals surface area contributed by atoms with E-state index in [-0.39, 0.29) is 12.5 Å². The van der Waals surface area contributed by atoms with Crippen LogP contribution in [0.3, 0.4) is 0 Å². The first-order chi connectivity index (χ1) is 8.93. The summed E-state index contributed by atoms with van der Waals surface area (Å²) in [5.41, 5.74) is 0. The molecular weight excluding hydrogens is 248 g/mol. The highest BCUT2D eigenvalue weighted by Gasteiger charge is 2.20. The second-order valence-electron chi connectivity index (χ2n) is 4.20. The van der Waals surface area contributed by atoms with Crippen LogP contribution in [0.1, 0.15) is 30.9 Å². The Morgan fingerprint density at radius 1 is 1.47 bits per heavy atom. The molecule has 3 N–H and O–H groups in total. The second kappa shape index (κ2) is 6.63. The van der Waals surface area contributed by atoms with Crippen LogP contribution >= 0.6 is 0 Å². The fourth-order valence-corrected chi connectivity index (χ4v) is 1.54. The molecular formula is C13H18N2O4. The van der Waals surface area contributed by atoms with Crippen LogP contribution in [-0.2, 0) is 4.79 Å². The van der Waals surface area contributed by atoms with E-state index in [2.05, 4.69) is 17.2 Å². The second-order valence-corrected chi connectivity index (χ2v) is 4.20. The van der Waals surface area contributed by atoms with E-state index in [0.29, 0.717) is 5.76 Å². The minimum atomic E-state index is -1.10. The first kappa shape index (κ1) is 14.8. The molecule has 0 aliphatic rings. The van der Waals surface area contributed by atoms with Crippen LogP contribution in [0.5, 0.6) is 0 Å². The number of nitrogens with one attached hydrogen (secondary N) is 2. The number of amides is 2. The number of aryl methyl sites for hydroxylation is 1. The van der Waals surface area contributed by atoms with E-state index in [1.807, 2.05) is 0 Å². The molecule has 0 aromatic carbocycles. The summed E-state index contributed by atoms with van der Waals surface area (Å²) < 4.78 is 5.37. The van der Waals surface area contributed by atoms with Gasteiger partial charge in [0.1, 0.15) is 17.6 Å². The molecule has 19 heavy (non-hydrogen) atoms. The Labute approximate surface area is 111 Å². The van der Waals surface area contributed by atoms with Crippen molar-refractivity contribution < 1.29 is 19.1 Å². The van der Waals surface area contributed by atoms with E-state index >= 15 is 0 Å². The highest BCUT2D eigenvalue weighted by atomic mass is 16.4. The van der Waals surface area contributed by atoms with Gasteiger partial charge in [-0.05, 0) is 32.4 Å². The molecule has 0 spiro atoms. The summed E-state index contributed by atoms with van der Waals surface area (Å²) in [4.78, 5) is 22.5. The molecule has 0 fully saturated rings. The Balaban J connectivity index is 2.54. The van der Waals surface area contributed by atoms with Crippen molar-refractivity contribution in [2.45, 2.75) is 32.4 Å². The van der Waals surface area contributed by atoms with E-state index in [1.165, 1.54) is 6.08 Å². The van der Waals surface area contributed by atoms with Crippen molar-refractivity contribution in [3.05, 3.63) is 36.3 Å². The quantitative estimate of drug-likeness (QED) is 0.686. The predicted molar refractivity (Wildman–Crippen MR) is 69.8 cm³/mol. The van der Waals surface area contributed by atoms with Crippen molar-refractivity contribution in [3.8, 4) is 0 Å². The summed E-state index contributed by atoms with van der Waals surface area (Å²) in [6, 6.07) is 1.67. The molecule has 0 saturated carbocycles. The minimum Gasteiger partial charge on any atom is -0.480 e. The molecule has 104 valence electrons. The maximum Gasteiger partial charge on any atom is 0.326 e. The topological polar surface area (TPSA) is 91.6 Å². The number of urea groups is 1. The molecule has 1 aromatic rings. The monoisotopic (exact) mass is 266 g/mol. The van der Waals surface area contributed by atoms with E-state index in [9.17, 15) is 9.59 Å². The number of carbonyl (C=O) groups is 2. The van der Waals surface area contributed by atoms with E-state index < -0.39 is 18.0 Å². The van der Waals surface area contributed by atoms with E-state index in [0.717, 1.165) is 5.76 Å². The Bertz CT molecular complexity index is 467. The number of furan rings is 1. The van der Waals surface area contributed by atoms with Gasteiger partial charge in [-0.1, -0.05) is 6.08 Å². The molecule has 1 heterocycles. The first-order valence-corrected chi connectivity index (χ1v) is 5.91. The summed E-state index contributed by atoms with van der Waals surface area (Å²) >= 11 is 0. The average molecular weight is 266 g/mol. The minimum absolute atomic E-state index is 0.164. The normalized spacial score (nSPS) is 13.4. The summed E-state index contributed by atoms with van der Waals surface area (Å²) in [5.74, 6) is 0.263. The number of carboxylic acids is 1. The zero-order valence-electron chi connectivity index (χ0n) is 11.0. The van der Waals surface area contributed by atoms with Crippen LogP contribution in [0.25, 0.3) is 0 Å². The molecule has 0 bridgehead atoms. The Hall–Kier alpha value is -2.24. The van der Waals surface area contributed by atoms with E-state index in [1.54, 1.807) is 26.0 Å². The summed E-state index contributed by atoms with van der Waals surface area (Å²) in [6.45, 7) is 7.01. The van der Waals surface area contributed by atoms with Crippen molar-refractivity contribution in [2.24, 2.45) is 0 Å². The maximum atomic E-state index is 11.7. The largest absolute Gasteiger partial charge is 0.480 e. The van der Waals surface area contributed by atoms with E-state index in [4.69, 9.17) is 9.52 Å². The molecule has 6 nitrogen and oxygen atoms in total. The van der Waals surface area contributed by atoms with Crippen molar-refractivity contribution in [1.82, 2.24) is 10.6 Å². The number of carbonyl (C=O) groups excluding carboxylic acids is 1. The Morgan fingerprint density at radius 2 is 2.16 bits per heavy atom. The lowest BCUT2D eigenvalue weighted by Crippen LogP contribution is -2.46. The first-order valence-electron chi connectivity index (χ1n) is 5.91. The van der Waals surface area contributed by atoms with Gasteiger partial charge in [-0.3, -0.25) is 0 Å². The summed E-state index contributed by atoms with van der Waals surface area (Å²) in [7, 11) is 0. The van der Waals surface area contributed by atoms with Crippen LogP contribution in [0.4, 0.5) is 4.79 Å². The van der Waals surface area contributed by atoms with Gasteiger partial charge in [0.05, 0.1) is 6.04 Å². The Kier molecular flexibility index (Phi) is 5.17. The number of rotatable bonds is 6. The average Bonchev–Trinajstić information content (AvgIpc) is 2.75. The molecule has 1 rings (SSSR count). The molecule has 2 unspecified atom stereocenters. The molecule has 6 heteroatoms. The number of carboxylic acid groups (broad SMARTS) is 1. The summed E-state index contributed by atoms with van der Waals surface area (Å²) in [5, 5.41) is 13.9. The highest BCUT2D eigenvalue weighted by molar-refractivity contribution is 5.82.